The number of aliphatic hydroxyl groups is 1. The zero-order chi connectivity index (χ0) is 28.7. The number of thiazole rings is 1. The molecule has 0 spiro atoms. The van der Waals surface area contributed by atoms with E-state index >= 15 is 4.39 Å². The van der Waals surface area contributed by atoms with Gasteiger partial charge >= 0.3 is 11.4 Å². The fourth-order valence-corrected chi connectivity index (χ4v) is 5.60. The SMILES string of the molecule is [C-]#[N+]C1(C(=O)NC(C(=O)N2C[C@H](O)[C@H](F)C2C(=O)N[C@@H](C)c2ccc(-c3scnc3C)cc2)C(C)(C)C)CC1. The Morgan fingerprint density at radius 1 is 1.23 bits per heavy atom. The van der Waals surface area contributed by atoms with Crippen molar-refractivity contribution in [2.45, 2.75) is 83.4 Å². The van der Waals surface area contributed by atoms with Crippen molar-refractivity contribution in [3.05, 3.63) is 52.5 Å². The predicted octanol–water partition coefficient (Wildman–Crippen LogP) is 3.19. The Hall–Kier alpha value is -3.36. The van der Waals surface area contributed by atoms with E-state index in [4.69, 9.17) is 6.57 Å². The summed E-state index contributed by atoms with van der Waals surface area (Å²) < 4.78 is 15.2. The number of nitrogens with one attached hydrogen (secondary N) is 2. The van der Waals surface area contributed by atoms with Gasteiger partial charge < -0.3 is 20.6 Å². The van der Waals surface area contributed by atoms with Crippen LogP contribution < -0.4 is 10.6 Å². The van der Waals surface area contributed by atoms with Crippen LogP contribution in [0.25, 0.3) is 15.3 Å². The number of benzene rings is 1. The van der Waals surface area contributed by atoms with Crippen LogP contribution in [0.4, 0.5) is 4.39 Å². The van der Waals surface area contributed by atoms with Gasteiger partial charge in [0.2, 0.25) is 11.8 Å². The van der Waals surface area contributed by atoms with E-state index in [1.807, 2.05) is 31.2 Å². The molecule has 9 nitrogen and oxygen atoms in total. The summed E-state index contributed by atoms with van der Waals surface area (Å²) >= 11 is 1.54. The maximum absolute atomic E-state index is 15.2. The molecule has 2 unspecified atom stereocenters. The molecule has 3 amide bonds. The minimum Gasteiger partial charge on any atom is -0.388 e. The molecule has 1 aliphatic carbocycles. The van der Waals surface area contributed by atoms with Gasteiger partial charge in [-0.05, 0) is 30.4 Å². The Morgan fingerprint density at radius 2 is 1.87 bits per heavy atom. The first-order valence-electron chi connectivity index (χ1n) is 12.9. The van der Waals surface area contributed by atoms with Crippen molar-refractivity contribution in [3.63, 3.8) is 0 Å². The number of β-amino-alcohol motifs (C(OH)–C–C–N with tert-alkyl or cyclic N) is 1. The second-order valence-corrected chi connectivity index (χ2v) is 12.3. The zero-order valence-electron chi connectivity index (χ0n) is 22.7. The molecule has 3 N–H and O–H groups in total. The van der Waals surface area contributed by atoms with E-state index < -0.39 is 59.1 Å². The number of nitrogens with zero attached hydrogens (tertiary/aromatic N) is 3. The van der Waals surface area contributed by atoms with Crippen LogP contribution in [-0.4, -0.2) is 69.2 Å². The molecule has 11 heteroatoms. The monoisotopic (exact) mass is 555 g/mol. The van der Waals surface area contributed by atoms with E-state index in [0.717, 1.165) is 26.6 Å². The number of rotatable bonds is 7. The van der Waals surface area contributed by atoms with Gasteiger partial charge in [-0.3, -0.25) is 19.2 Å². The lowest BCUT2D eigenvalue weighted by Crippen LogP contribution is -2.60. The number of carbonyl (C=O) groups is 3. The van der Waals surface area contributed by atoms with Gasteiger partial charge in [0.05, 0.1) is 28.7 Å². The fourth-order valence-electron chi connectivity index (χ4n) is 4.78. The Bertz CT molecular complexity index is 1290. The van der Waals surface area contributed by atoms with Gasteiger partial charge in [-0.1, -0.05) is 45.0 Å². The molecule has 5 atom stereocenters. The average molecular weight is 556 g/mol. The van der Waals surface area contributed by atoms with Crippen molar-refractivity contribution in [1.29, 1.82) is 0 Å². The third-order valence-corrected chi connectivity index (χ3v) is 8.44. The van der Waals surface area contributed by atoms with Crippen LogP contribution in [-0.2, 0) is 14.4 Å². The van der Waals surface area contributed by atoms with E-state index in [2.05, 4.69) is 20.5 Å². The van der Waals surface area contributed by atoms with Gasteiger partial charge in [-0.25, -0.2) is 15.9 Å². The Labute approximate surface area is 231 Å². The molecular weight excluding hydrogens is 521 g/mol. The first kappa shape index (κ1) is 28.6. The number of amides is 3. The van der Waals surface area contributed by atoms with Crippen molar-refractivity contribution in [1.82, 2.24) is 20.5 Å². The molecule has 2 aliphatic rings. The Morgan fingerprint density at radius 3 is 2.38 bits per heavy atom. The maximum atomic E-state index is 15.2. The van der Waals surface area contributed by atoms with Gasteiger partial charge in [0, 0.05) is 12.8 Å². The summed E-state index contributed by atoms with van der Waals surface area (Å²) in [5.41, 5.74) is 2.53. The van der Waals surface area contributed by atoms with Crippen molar-refractivity contribution in [2.24, 2.45) is 5.41 Å². The zero-order valence-corrected chi connectivity index (χ0v) is 23.5. The van der Waals surface area contributed by atoms with Crippen LogP contribution in [0.3, 0.4) is 0 Å². The number of aromatic nitrogens is 1. The molecule has 0 radical (unpaired) electrons. The van der Waals surface area contributed by atoms with Gasteiger partial charge in [0.1, 0.15) is 18.2 Å². The number of aryl methyl sites for hydroxylation is 1. The van der Waals surface area contributed by atoms with Gasteiger partial charge in [-0.2, -0.15) is 0 Å². The van der Waals surface area contributed by atoms with Crippen LogP contribution >= 0.6 is 11.3 Å². The van der Waals surface area contributed by atoms with E-state index in [-0.39, 0.29) is 6.54 Å². The largest absolute Gasteiger partial charge is 0.388 e. The summed E-state index contributed by atoms with van der Waals surface area (Å²) in [7, 11) is 0. The van der Waals surface area contributed by atoms with E-state index in [9.17, 15) is 19.5 Å². The molecule has 1 aliphatic heterocycles. The molecule has 2 heterocycles. The van der Waals surface area contributed by atoms with Gasteiger partial charge in [-0.15, -0.1) is 11.3 Å². The number of likely N-dealkylation sites (tertiary alicyclic amines) is 1. The highest BCUT2D eigenvalue weighted by Gasteiger charge is 2.60. The first-order valence-corrected chi connectivity index (χ1v) is 13.8. The Kier molecular flexibility index (Phi) is 7.83. The highest BCUT2D eigenvalue weighted by atomic mass is 32.1. The molecule has 208 valence electrons. The van der Waals surface area contributed by atoms with Crippen LogP contribution in [0.1, 0.15) is 57.8 Å². The highest BCUT2D eigenvalue weighted by Crippen LogP contribution is 2.40. The van der Waals surface area contributed by atoms with Gasteiger partial charge in [0.15, 0.2) is 6.17 Å². The summed E-state index contributed by atoms with van der Waals surface area (Å²) in [6.45, 7) is 15.9. The molecule has 39 heavy (non-hydrogen) atoms. The minimum absolute atomic E-state index is 0.383. The maximum Gasteiger partial charge on any atom is 0.309 e. The molecule has 2 fully saturated rings. The number of hydrogen-bond acceptors (Lipinski definition) is 6. The standard InChI is InChI=1S/C28H34FN5O4S/c1-15(17-7-9-18(10-8-17)22-16(2)31-14-39-22)32-24(36)21-20(29)19(35)13-34(21)25(37)23(27(3,4)5)33-26(38)28(30-6)11-12-28/h7-10,14-15,19-21,23,35H,11-13H2,1-5H3,(H,32,36)(H,33,38)/t15-,19-,20-,21?,23?/m0/s1. The lowest BCUT2D eigenvalue weighted by atomic mass is 9.85. The molecule has 1 saturated heterocycles. The molecule has 0 bridgehead atoms. The summed E-state index contributed by atoms with van der Waals surface area (Å²) in [5, 5.41) is 15.8. The van der Waals surface area contributed by atoms with Crippen LogP contribution in [0.5, 0.6) is 0 Å². The minimum atomic E-state index is -1.99. The number of aliphatic hydroxyl groups excluding tert-OH is 1. The number of hydrogen-bond donors (Lipinski definition) is 3. The summed E-state index contributed by atoms with van der Waals surface area (Å²) in [6.07, 6.45) is -2.71. The third kappa shape index (κ3) is 5.68. The lowest BCUT2D eigenvalue weighted by Gasteiger charge is -2.35. The molecule has 1 saturated carbocycles. The molecule has 4 rings (SSSR count). The average Bonchev–Trinajstić information content (AvgIpc) is 3.49. The smallest absolute Gasteiger partial charge is 0.309 e. The summed E-state index contributed by atoms with van der Waals surface area (Å²) in [4.78, 5) is 49.5. The van der Waals surface area contributed by atoms with Crippen LogP contribution in [0.15, 0.2) is 29.8 Å². The second kappa shape index (κ2) is 10.7. The quantitative estimate of drug-likeness (QED) is 0.454. The molecule has 1 aromatic carbocycles. The predicted molar refractivity (Wildman–Crippen MR) is 145 cm³/mol. The van der Waals surface area contributed by atoms with E-state index in [0.29, 0.717) is 12.8 Å². The highest BCUT2D eigenvalue weighted by molar-refractivity contribution is 7.13. The van der Waals surface area contributed by atoms with E-state index in [1.165, 1.54) is 11.3 Å². The van der Waals surface area contributed by atoms with Crippen molar-refractivity contribution >= 4 is 29.1 Å². The second-order valence-electron chi connectivity index (χ2n) is 11.5. The number of halogens is 1. The lowest BCUT2D eigenvalue weighted by molar-refractivity contribution is -0.145. The van der Waals surface area contributed by atoms with Gasteiger partial charge in [0.25, 0.3) is 0 Å². The van der Waals surface area contributed by atoms with Crippen molar-refractivity contribution in [2.75, 3.05) is 6.54 Å². The topological polar surface area (TPSA) is 116 Å². The Balaban J connectivity index is 1.50. The first-order chi connectivity index (χ1) is 18.3. The number of alkyl halides is 1. The molecule has 1 aromatic heterocycles. The molecular formula is C28H34FN5O4S. The normalized spacial score (nSPS) is 23.4. The van der Waals surface area contributed by atoms with Crippen LogP contribution in [0.2, 0.25) is 0 Å². The van der Waals surface area contributed by atoms with Crippen LogP contribution in [0, 0.1) is 18.9 Å². The summed E-state index contributed by atoms with van der Waals surface area (Å²) in [5.74, 6) is -1.96. The summed E-state index contributed by atoms with van der Waals surface area (Å²) in [6, 6.07) is 4.42. The van der Waals surface area contributed by atoms with Crippen molar-refractivity contribution < 1.29 is 23.9 Å². The van der Waals surface area contributed by atoms with E-state index in [1.54, 1.807) is 33.2 Å². The third-order valence-electron chi connectivity index (χ3n) is 7.47. The molecule has 2 aromatic rings. The fraction of sp³-hybridized carbons (Fsp3) is 0.536. The number of carbonyl (C=O) groups excluding carboxylic acids is 3. The van der Waals surface area contributed by atoms with Crippen molar-refractivity contribution in [3.8, 4) is 10.4 Å².